The highest BCUT2D eigenvalue weighted by molar-refractivity contribution is 5.85. The van der Waals surface area contributed by atoms with E-state index in [1.54, 1.807) is 0 Å². The fraction of sp³-hybridized carbons (Fsp3) is 0.579. The smallest absolute Gasteiger partial charge is 0.128 e. The van der Waals surface area contributed by atoms with Crippen molar-refractivity contribution in [2.75, 3.05) is 19.7 Å². The van der Waals surface area contributed by atoms with E-state index in [1.165, 1.54) is 0 Å². The molecule has 1 aliphatic heterocycles. The minimum absolute atomic E-state index is 0.159. The van der Waals surface area contributed by atoms with Crippen LogP contribution in [0.2, 0.25) is 0 Å². The monoisotopic (exact) mass is 332 g/mol. The van der Waals surface area contributed by atoms with Gasteiger partial charge in [-0.1, -0.05) is 19.4 Å². The molecule has 1 saturated heterocycles. The normalized spacial score (nSPS) is 21.7. The maximum atomic E-state index is 10.4. The number of H-pyrrole nitrogens is 1. The number of ether oxygens (including phenoxy) is 1. The van der Waals surface area contributed by atoms with Gasteiger partial charge in [-0.05, 0) is 44.0 Å². The Morgan fingerprint density at radius 3 is 3.00 bits per heavy atom. The number of nitrogens with one attached hydrogen (secondary N) is 1. The zero-order valence-corrected chi connectivity index (χ0v) is 14.3. The van der Waals surface area contributed by atoms with Crippen LogP contribution in [0.5, 0.6) is 5.75 Å². The number of aliphatic hydroxyl groups is 2. The first kappa shape index (κ1) is 17.3. The summed E-state index contributed by atoms with van der Waals surface area (Å²) in [5.74, 6) is 0.789. The van der Waals surface area contributed by atoms with Crippen LogP contribution in [0.4, 0.5) is 0 Å². The summed E-state index contributed by atoms with van der Waals surface area (Å²) in [6, 6.07) is 8.01. The topological polar surface area (TPSA) is 68.7 Å². The standard InChI is InChI=1S/C19H28N2O3/c1-2-18(23)17-7-3-4-11-21(17)12-14(22)13-24-19-8-5-6-16-15(19)9-10-20-16/h5-6,8-10,14,17-18,20,22-23H,2-4,7,11-13H2,1H3/t14-,17+,18+/m1/s1. The van der Waals surface area contributed by atoms with Gasteiger partial charge < -0.3 is 19.9 Å². The summed E-state index contributed by atoms with van der Waals surface area (Å²) in [5, 5.41) is 21.6. The number of piperidine rings is 1. The second-order valence-corrected chi connectivity index (χ2v) is 6.69. The molecule has 2 aromatic rings. The van der Waals surface area contributed by atoms with E-state index in [1.807, 2.05) is 37.4 Å². The average Bonchev–Trinajstić information content (AvgIpc) is 3.09. The highest BCUT2D eigenvalue weighted by atomic mass is 16.5. The maximum absolute atomic E-state index is 10.4. The van der Waals surface area contributed by atoms with Gasteiger partial charge in [0.2, 0.25) is 0 Å². The molecule has 5 heteroatoms. The number of likely N-dealkylation sites (tertiary alicyclic amines) is 1. The molecular weight excluding hydrogens is 304 g/mol. The van der Waals surface area contributed by atoms with E-state index in [9.17, 15) is 10.2 Å². The van der Waals surface area contributed by atoms with Crippen LogP contribution in [-0.2, 0) is 0 Å². The van der Waals surface area contributed by atoms with E-state index in [2.05, 4.69) is 9.88 Å². The highest BCUT2D eigenvalue weighted by Gasteiger charge is 2.29. The van der Waals surface area contributed by atoms with Crippen molar-refractivity contribution < 1.29 is 14.9 Å². The van der Waals surface area contributed by atoms with E-state index >= 15 is 0 Å². The number of fused-ring (bicyclic) bond motifs is 1. The van der Waals surface area contributed by atoms with Crippen molar-refractivity contribution in [3.05, 3.63) is 30.5 Å². The van der Waals surface area contributed by atoms with Gasteiger partial charge in [0.15, 0.2) is 0 Å². The molecule has 0 amide bonds. The molecule has 2 heterocycles. The number of aromatic nitrogens is 1. The van der Waals surface area contributed by atoms with E-state index in [4.69, 9.17) is 4.74 Å². The Morgan fingerprint density at radius 2 is 2.17 bits per heavy atom. The van der Waals surface area contributed by atoms with Crippen molar-refractivity contribution >= 4 is 10.9 Å². The van der Waals surface area contributed by atoms with Gasteiger partial charge in [-0.25, -0.2) is 0 Å². The van der Waals surface area contributed by atoms with Crippen LogP contribution in [0.3, 0.4) is 0 Å². The van der Waals surface area contributed by atoms with Gasteiger partial charge in [0.05, 0.1) is 6.10 Å². The SMILES string of the molecule is CC[C@H](O)[C@@H]1CCCCN1C[C@@H](O)COc1cccc2[nH]ccc12. The third kappa shape index (κ3) is 3.91. The molecule has 5 nitrogen and oxygen atoms in total. The van der Waals surface area contributed by atoms with Crippen LogP contribution in [-0.4, -0.2) is 58.0 Å². The van der Waals surface area contributed by atoms with Crippen LogP contribution in [0, 0.1) is 0 Å². The fourth-order valence-electron chi connectivity index (χ4n) is 3.64. The molecule has 3 atom stereocenters. The van der Waals surface area contributed by atoms with Gasteiger partial charge >= 0.3 is 0 Å². The average molecular weight is 332 g/mol. The summed E-state index contributed by atoms with van der Waals surface area (Å²) in [4.78, 5) is 5.38. The van der Waals surface area contributed by atoms with Gasteiger partial charge in [0.25, 0.3) is 0 Å². The fourth-order valence-corrected chi connectivity index (χ4v) is 3.64. The van der Waals surface area contributed by atoms with Crippen molar-refractivity contribution in [3.63, 3.8) is 0 Å². The molecule has 1 fully saturated rings. The predicted molar refractivity (Wildman–Crippen MR) is 95.3 cm³/mol. The van der Waals surface area contributed by atoms with Crippen molar-refractivity contribution in [2.45, 2.75) is 50.9 Å². The molecule has 3 N–H and O–H groups in total. The van der Waals surface area contributed by atoms with Crippen LogP contribution in [0.1, 0.15) is 32.6 Å². The second-order valence-electron chi connectivity index (χ2n) is 6.69. The third-order valence-corrected chi connectivity index (χ3v) is 4.96. The lowest BCUT2D eigenvalue weighted by Gasteiger charge is -2.39. The van der Waals surface area contributed by atoms with Crippen LogP contribution in [0.25, 0.3) is 10.9 Å². The number of aliphatic hydroxyl groups excluding tert-OH is 2. The van der Waals surface area contributed by atoms with E-state index in [0.29, 0.717) is 6.54 Å². The molecule has 0 spiro atoms. The number of β-amino-alcohol motifs (C(OH)–C–C–N with tert-alkyl or cyclic N) is 1. The molecule has 1 aromatic carbocycles. The number of nitrogens with zero attached hydrogens (tertiary/aromatic N) is 1. The summed E-state index contributed by atoms with van der Waals surface area (Å²) < 4.78 is 5.84. The quantitative estimate of drug-likeness (QED) is 0.729. The van der Waals surface area contributed by atoms with Crippen molar-refractivity contribution in [1.29, 1.82) is 0 Å². The maximum Gasteiger partial charge on any atom is 0.128 e. The van der Waals surface area contributed by atoms with Crippen LogP contribution in [0.15, 0.2) is 30.5 Å². The number of aromatic amines is 1. The summed E-state index contributed by atoms with van der Waals surface area (Å²) >= 11 is 0. The Morgan fingerprint density at radius 1 is 1.29 bits per heavy atom. The largest absolute Gasteiger partial charge is 0.490 e. The molecule has 1 aliphatic rings. The molecule has 0 unspecified atom stereocenters. The van der Waals surface area contributed by atoms with Crippen molar-refractivity contribution in [3.8, 4) is 5.75 Å². The summed E-state index contributed by atoms with van der Waals surface area (Å²) in [7, 11) is 0. The first-order chi connectivity index (χ1) is 11.7. The number of benzene rings is 1. The minimum atomic E-state index is -0.566. The summed E-state index contributed by atoms with van der Waals surface area (Å²) in [6.45, 7) is 3.75. The number of hydrogen-bond acceptors (Lipinski definition) is 4. The van der Waals surface area contributed by atoms with Gasteiger partial charge in [-0.2, -0.15) is 0 Å². The second kappa shape index (κ2) is 8.01. The van der Waals surface area contributed by atoms with E-state index in [0.717, 1.165) is 48.9 Å². The van der Waals surface area contributed by atoms with Gasteiger partial charge in [-0.15, -0.1) is 0 Å². The zero-order chi connectivity index (χ0) is 16.9. The Hall–Kier alpha value is -1.56. The molecule has 3 rings (SSSR count). The van der Waals surface area contributed by atoms with Crippen molar-refractivity contribution in [2.24, 2.45) is 0 Å². The van der Waals surface area contributed by atoms with Gasteiger partial charge in [-0.3, -0.25) is 4.90 Å². The lowest BCUT2D eigenvalue weighted by Crippen LogP contribution is -2.50. The molecule has 0 aliphatic carbocycles. The van der Waals surface area contributed by atoms with Crippen LogP contribution >= 0.6 is 0 Å². The molecule has 0 radical (unpaired) electrons. The van der Waals surface area contributed by atoms with E-state index < -0.39 is 6.10 Å². The molecule has 132 valence electrons. The predicted octanol–water partition coefficient (Wildman–Crippen LogP) is 2.53. The first-order valence-corrected chi connectivity index (χ1v) is 8.98. The van der Waals surface area contributed by atoms with Gasteiger partial charge in [0.1, 0.15) is 18.5 Å². The molecular formula is C19H28N2O3. The lowest BCUT2D eigenvalue weighted by atomic mass is 9.95. The Kier molecular flexibility index (Phi) is 5.76. The van der Waals surface area contributed by atoms with Crippen LogP contribution < -0.4 is 4.74 Å². The summed E-state index contributed by atoms with van der Waals surface area (Å²) in [6.07, 6.45) is 5.05. The Balaban J connectivity index is 1.56. The Labute approximate surface area is 143 Å². The third-order valence-electron chi connectivity index (χ3n) is 4.96. The molecule has 0 bridgehead atoms. The minimum Gasteiger partial charge on any atom is -0.490 e. The summed E-state index contributed by atoms with van der Waals surface area (Å²) in [5.41, 5.74) is 1.03. The van der Waals surface area contributed by atoms with Crippen molar-refractivity contribution in [1.82, 2.24) is 9.88 Å². The molecule has 0 saturated carbocycles. The molecule has 24 heavy (non-hydrogen) atoms. The lowest BCUT2D eigenvalue weighted by molar-refractivity contribution is -0.00988. The zero-order valence-electron chi connectivity index (χ0n) is 14.3. The number of hydrogen-bond donors (Lipinski definition) is 3. The number of rotatable bonds is 7. The van der Waals surface area contributed by atoms with Gasteiger partial charge in [0, 0.05) is 29.7 Å². The molecule has 1 aromatic heterocycles. The highest BCUT2D eigenvalue weighted by Crippen LogP contribution is 2.25. The van der Waals surface area contributed by atoms with E-state index in [-0.39, 0.29) is 18.8 Å². The first-order valence-electron chi connectivity index (χ1n) is 8.98. The Bertz CT molecular complexity index is 642.